The molecule has 2 rings (SSSR count). The zero-order valence-electron chi connectivity index (χ0n) is 8.06. The number of nitrogen functional groups attached to an aromatic ring is 1. The van der Waals surface area contributed by atoms with Crippen LogP contribution < -0.4 is 5.73 Å². The van der Waals surface area contributed by atoms with Gasteiger partial charge in [0.1, 0.15) is 6.54 Å². The van der Waals surface area contributed by atoms with Crippen LogP contribution in [-0.2, 0) is 6.54 Å². The van der Waals surface area contributed by atoms with E-state index in [-0.39, 0.29) is 0 Å². The molecule has 0 aliphatic heterocycles. The molecule has 0 amide bonds. The van der Waals surface area contributed by atoms with Gasteiger partial charge in [-0.3, -0.25) is 0 Å². The summed E-state index contributed by atoms with van der Waals surface area (Å²) in [5, 5.41) is 9.08. The van der Waals surface area contributed by atoms with Gasteiger partial charge in [0.15, 0.2) is 5.82 Å². The van der Waals surface area contributed by atoms with Crippen LogP contribution in [0.2, 0.25) is 0 Å². The summed E-state index contributed by atoms with van der Waals surface area (Å²) in [7, 11) is 0. The van der Waals surface area contributed by atoms with Crippen molar-refractivity contribution in [2.24, 2.45) is 0 Å². The minimum absolute atomic E-state index is 0.439. The van der Waals surface area contributed by atoms with Gasteiger partial charge in [-0.1, -0.05) is 0 Å². The van der Waals surface area contributed by atoms with Crippen molar-refractivity contribution < 1.29 is 0 Å². The molecule has 0 atom stereocenters. The van der Waals surface area contributed by atoms with Crippen molar-refractivity contribution in [2.75, 3.05) is 5.73 Å². The Kier molecular flexibility index (Phi) is 2.20. The predicted octanol–water partition coefficient (Wildman–Crippen LogP) is 0.982. The quantitative estimate of drug-likeness (QED) is 0.800. The lowest BCUT2D eigenvalue weighted by atomic mass is 10.4. The second kappa shape index (κ2) is 3.38. The van der Waals surface area contributed by atoms with E-state index in [1.54, 1.807) is 16.1 Å². The van der Waals surface area contributed by atoms with Gasteiger partial charge in [0, 0.05) is 4.88 Å². The van der Waals surface area contributed by atoms with E-state index in [9.17, 15) is 0 Å². The number of rotatable bonds is 2. The third kappa shape index (κ3) is 1.74. The first kappa shape index (κ1) is 9.14. The summed E-state index contributed by atoms with van der Waals surface area (Å²) >= 11 is 1.68. The minimum atomic E-state index is 0.439. The zero-order valence-corrected chi connectivity index (χ0v) is 8.88. The average molecular weight is 209 g/mol. The van der Waals surface area contributed by atoms with Crippen LogP contribution in [0.25, 0.3) is 0 Å². The summed E-state index contributed by atoms with van der Waals surface area (Å²) in [6, 6.07) is 0. The maximum absolute atomic E-state index is 5.46. The van der Waals surface area contributed by atoms with Gasteiger partial charge in [0.05, 0.1) is 16.9 Å². The Morgan fingerprint density at radius 3 is 2.79 bits per heavy atom. The van der Waals surface area contributed by atoms with Crippen molar-refractivity contribution >= 4 is 17.2 Å². The number of aryl methyl sites for hydroxylation is 2. The van der Waals surface area contributed by atoms with Crippen LogP contribution in [0, 0.1) is 13.8 Å². The molecular weight excluding hydrogens is 198 g/mol. The maximum atomic E-state index is 5.46. The highest BCUT2D eigenvalue weighted by Gasteiger charge is 2.06. The van der Waals surface area contributed by atoms with Gasteiger partial charge < -0.3 is 5.73 Å². The molecule has 0 aliphatic carbocycles. The molecule has 2 aromatic rings. The smallest absolute Gasteiger partial charge is 0.165 e. The Morgan fingerprint density at radius 2 is 2.29 bits per heavy atom. The van der Waals surface area contributed by atoms with Gasteiger partial charge in [0.25, 0.3) is 0 Å². The highest BCUT2D eigenvalue weighted by Crippen LogP contribution is 2.16. The molecule has 0 saturated heterocycles. The average Bonchev–Trinajstić information content (AvgIpc) is 2.61. The number of nitrogens with two attached hydrogens (primary N) is 1. The van der Waals surface area contributed by atoms with Crippen molar-refractivity contribution in [2.45, 2.75) is 20.4 Å². The number of hydrogen-bond acceptors (Lipinski definition) is 5. The summed E-state index contributed by atoms with van der Waals surface area (Å²) < 4.78 is 0. The largest absolute Gasteiger partial charge is 0.381 e. The first-order valence-electron chi connectivity index (χ1n) is 4.23. The molecular formula is C8H11N5S. The van der Waals surface area contributed by atoms with Crippen molar-refractivity contribution in [3.8, 4) is 0 Å². The molecule has 0 aromatic carbocycles. The molecule has 14 heavy (non-hydrogen) atoms. The van der Waals surface area contributed by atoms with Crippen LogP contribution in [0.1, 0.15) is 15.6 Å². The van der Waals surface area contributed by atoms with Crippen molar-refractivity contribution in [1.82, 2.24) is 20.0 Å². The van der Waals surface area contributed by atoms with Gasteiger partial charge in [0.2, 0.25) is 0 Å². The molecule has 0 saturated carbocycles. The SMILES string of the molecule is Cc1nc(Cn2ncc(N)n2)c(C)s1. The molecule has 74 valence electrons. The van der Waals surface area contributed by atoms with E-state index in [0.29, 0.717) is 12.4 Å². The molecule has 2 N–H and O–H groups in total. The summed E-state index contributed by atoms with van der Waals surface area (Å²) in [6.07, 6.45) is 1.54. The lowest BCUT2D eigenvalue weighted by Crippen LogP contribution is -2.05. The van der Waals surface area contributed by atoms with Crippen molar-refractivity contribution in [3.63, 3.8) is 0 Å². The lowest BCUT2D eigenvalue weighted by molar-refractivity contribution is 0.583. The van der Waals surface area contributed by atoms with Crippen LogP contribution >= 0.6 is 11.3 Å². The fraction of sp³-hybridized carbons (Fsp3) is 0.375. The monoisotopic (exact) mass is 209 g/mol. The van der Waals surface area contributed by atoms with Gasteiger partial charge in [-0.25, -0.2) is 4.98 Å². The normalized spacial score (nSPS) is 10.7. The molecule has 0 radical (unpaired) electrons. The highest BCUT2D eigenvalue weighted by molar-refractivity contribution is 7.11. The van der Waals surface area contributed by atoms with Gasteiger partial charge in [-0.15, -0.1) is 16.4 Å². The van der Waals surface area contributed by atoms with Crippen LogP contribution in [0.3, 0.4) is 0 Å². The van der Waals surface area contributed by atoms with Gasteiger partial charge in [-0.05, 0) is 13.8 Å². The van der Waals surface area contributed by atoms with Crippen molar-refractivity contribution in [3.05, 3.63) is 21.8 Å². The van der Waals surface area contributed by atoms with E-state index in [1.807, 2.05) is 13.8 Å². The fourth-order valence-corrected chi connectivity index (χ4v) is 2.07. The van der Waals surface area contributed by atoms with Crippen LogP contribution in [0.15, 0.2) is 6.20 Å². The Hall–Kier alpha value is -1.43. The van der Waals surface area contributed by atoms with E-state index in [1.165, 1.54) is 11.1 Å². The summed E-state index contributed by atoms with van der Waals surface area (Å²) in [6.45, 7) is 4.63. The highest BCUT2D eigenvalue weighted by atomic mass is 32.1. The topological polar surface area (TPSA) is 69.6 Å². The second-order valence-corrected chi connectivity index (χ2v) is 4.44. The number of aromatic nitrogens is 4. The van der Waals surface area contributed by atoms with Crippen LogP contribution in [-0.4, -0.2) is 20.0 Å². The fourth-order valence-electron chi connectivity index (χ4n) is 1.24. The number of nitrogens with zero attached hydrogens (tertiary/aromatic N) is 4. The first-order chi connectivity index (χ1) is 6.65. The molecule has 0 spiro atoms. The van der Waals surface area contributed by atoms with E-state index in [0.717, 1.165) is 10.7 Å². The number of thiazole rings is 1. The Bertz CT molecular complexity index is 444. The Balaban J connectivity index is 2.22. The van der Waals surface area contributed by atoms with Gasteiger partial charge >= 0.3 is 0 Å². The van der Waals surface area contributed by atoms with E-state index >= 15 is 0 Å². The molecule has 2 aromatic heterocycles. The van der Waals surface area contributed by atoms with Crippen LogP contribution in [0.4, 0.5) is 5.82 Å². The lowest BCUT2D eigenvalue weighted by Gasteiger charge is -1.96. The zero-order chi connectivity index (χ0) is 10.1. The Morgan fingerprint density at radius 1 is 1.50 bits per heavy atom. The molecule has 0 unspecified atom stereocenters. The maximum Gasteiger partial charge on any atom is 0.165 e. The minimum Gasteiger partial charge on any atom is -0.381 e. The van der Waals surface area contributed by atoms with E-state index < -0.39 is 0 Å². The third-order valence-electron chi connectivity index (χ3n) is 1.84. The van der Waals surface area contributed by atoms with Gasteiger partial charge in [-0.2, -0.15) is 9.90 Å². The molecule has 2 heterocycles. The predicted molar refractivity (Wildman–Crippen MR) is 55.1 cm³/mol. The molecule has 0 aliphatic rings. The molecule has 5 nitrogen and oxygen atoms in total. The number of hydrogen-bond donors (Lipinski definition) is 1. The molecule has 0 fully saturated rings. The summed E-state index contributed by atoms with van der Waals surface area (Å²) in [5.41, 5.74) is 6.48. The molecule has 6 heteroatoms. The second-order valence-electron chi connectivity index (χ2n) is 3.04. The third-order valence-corrected chi connectivity index (χ3v) is 2.77. The molecule has 0 bridgehead atoms. The Labute approximate surface area is 85.6 Å². The number of anilines is 1. The van der Waals surface area contributed by atoms with Crippen molar-refractivity contribution in [1.29, 1.82) is 0 Å². The first-order valence-corrected chi connectivity index (χ1v) is 5.05. The van der Waals surface area contributed by atoms with E-state index in [2.05, 4.69) is 15.2 Å². The van der Waals surface area contributed by atoms with Crippen LogP contribution in [0.5, 0.6) is 0 Å². The van der Waals surface area contributed by atoms with E-state index in [4.69, 9.17) is 5.73 Å². The standard InChI is InChI=1S/C8H11N5S/c1-5-7(11-6(2)14-5)4-13-10-3-8(9)12-13/h3H,4H2,1-2H3,(H2,9,12). The summed E-state index contributed by atoms with van der Waals surface area (Å²) in [5.74, 6) is 0.439. The summed E-state index contributed by atoms with van der Waals surface area (Å²) in [4.78, 5) is 7.15.